The van der Waals surface area contributed by atoms with E-state index in [-0.39, 0.29) is 0 Å². The monoisotopic (exact) mass is 264 g/mol. The molecule has 1 aromatic carbocycles. The quantitative estimate of drug-likeness (QED) is 0.923. The van der Waals surface area contributed by atoms with Crippen molar-refractivity contribution in [2.24, 2.45) is 0 Å². The third-order valence-corrected chi connectivity index (χ3v) is 2.83. The van der Waals surface area contributed by atoms with E-state index in [4.69, 9.17) is 26.8 Å². The van der Waals surface area contributed by atoms with Crippen LogP contribution in [0.15, 0.2) is 30.3 Å². The zero-order chi connectivity index (χ0) is 13.1. The Hall–Kier alpha value is -1.94. The number of nitrogen functional groups attached to an aromatic ring is 1. The number of nitrogens with two attached hydrogens (primary N) is 1. The van der Waals surface area contributed by atoms with Gasteiger partial charge in [0.1, 0.15) is 5.75 Å². The smallest absolute Gasteiger partial charge is 0.240 e. The number of aromatic nitrogens is 1. The molecule has 0 aliphatic rings. The van der Waals surface area contributed by atoms with Crippen molar-refractivity contribution in [2.75, 3.05) is 12.8 Å². The molecular formula is C13H13ClN2O2. The average molecular weight is 265 g/mol. The Bertz CT molecular complexity index is 573. The predicted octanol–water partition coefficient (Wildman–Crippen LogP) is 3.43. The van der Waals surface area contributed by atoms with Gasteiger partial charge in [0.25, 0.3) is 0 Å². The van der Waals surface area contributed by atoms with E-state index in [1.54, 1.807) is 24.3 Å². The number of hydrogen-bond donors (Lipinski definition) is 1. The van der Waals surface area contributed by atoms with Crippen LogP contribution < -0.4 is 15.2 Å². The maximum absolute atomic E-state index is 5.94. The highest BCUT2D eigenvalue weighted by molar-refractivity contribution is 6.31. The molecule has 0 saturated carbocycles. The average Bonchev–Trinajstić information content (AvgIpc) is 2.36. The van der Waals surface area contributed by atoms with Crippen LogP contribution >= 0.6 is 11.6 Å². The highest BCUT2D eigenvalue weighted by atomic mass is 35.5. The van der Waals surface area contributed by atoms with E-state index in [9.17, 15) is 0 Å². The molecule has 0 radical (unpaired) electrons. The number of benzene rings is 1. The number of anilines is 1. The first kappa shape index (κ1) is 12.5. The fraction of sp³-hybridized carbons (Fsp3) is 0.154. The van der Waals surface area contributed by atoms with Gasteiger partial charge >= 0.3 is 0 Å². The van der Waals surface area contributed by atoms with Gasteiger partial charge in [0.05, 0.1) is 12.8 Å². The van der Waals surface area contributed by atoms with Gasteiger partial charge in [0.2, 0.25) is 11.8 Å². The Kier molecular flexibility index (Phi) is 3.58. The summed E-state index contributed by atoms with van der Waals surface area (Å²) in [5.41, 5.74) is 7.09. The van der Waals surface area contributed by atoms with E-state index in [0.29, 0.717) is 28.2 Å². The molecule has 0 aliphatic carbocycles. The molecule has 4 nitrogen and oxygen atoms in total. The van der Waals surface area contributed by atoms with Gasteiger partial charge in [-0.05, 0) is 36.8 Å². The van der Waals surface area contributed by atoms with E-state index < -0.39 is 0 Å². The van der Waals surface area contributed by atoms with Crippen molar-refractivity contribution in [3.63, 3.8) is 0 Å². The Morgan fingerprint density at radius 3 is 2.67 bits per heavy atom. The van der Waals surface area contributed by atoms with Crippen LogP contribution in [-0.2, 0) is 0 Å². The van der Waals surface area contributed by atoms with Gasteiger partial charge in [-0.2, -0.15) is 4.98 Å². The van der Waals surface area contributed by atoms with Gasteiger partial charge in [-0.25, -0.2) is 0 Å². The molecule has 2 aromatic rings. The molecule has 94 valence electrons. The van der Waals surface area contributed by atoms with Crippen molar-refractivity contribution in [2.45, 2.75) is 6.92 Å². The molecule has 0 bridgehead atoms. The molecule has 0 saturated heterocycles. The lowest BCUT2D eigenvalue weighted by Gasteiger charge is -2.08. The molecular weight excluding hydrogens is 252 g/mol. The predicted molar refractivity (Wildman–Crippen MR) is 71.5 cm³/mol. The van der Waals surface area contributed by atoms with Crippen molar-refractivity contribution in [1.82, 2.24) is 4.98 Å². The van der Waals surface area contributed by atoms with Gasteiger partial charge in [-0.15, -0.1) is 0 Å². The number of nitrogens with zero attached hydrogens (tertiary/aromatic N) is 1. The molecule has 2 rings (SSSR count). The fourth-order valence-corrected chi connectivity index (χ4v) is 1.57. The van der Waals surface area contributed by atoms with Crippen molar-refractivity contribution in [1.29, 1.82) is 0 Å². The maximum atomic E-state index is 5.94. The topological polar surface area (TPSA) is 57.4 Å². The third kappa shape index (κ3) is 2.65. The van der Waals surface area contributed by atoms with Crippen LogP contribution in [0, 0.1) is 6.92 Å². The van der Waals surface area contributed by atoms with Crippen LogP contribution in [0.3, 0.4) is 0 Å². The van der Waals surface area contributed by atoms with Crippen molar-refractivity contribution < 1.29 is 9.47 Å². The minimum absolute atomic E-state index is 0.346. The van der Waals surface area contributed by atoms with Crippen LogP contribution in [-0.4, -0.2) is 12.1 Å². The zero-order valence-electron chi connectivity index (χ0n) is 10.1. The highest BCUT2D eigenvalue weighted by Crippen LogP contribution is 2.27. The Labute approximate surface area is 110 Å². The number of rotatable bonds is 3. The summed E-state index contributed by atoms with van der Waals surface area (Å²) < 4.78 is 10.6. The lowest BCUT2D eigenvalue weighted by Crippen LogP contribution is -1.97. The van der Waals surface area contributed by atoms with Crippen LogP contribution in [0.4, 0.5) is 5.69 Å². The molecule has 0 amide bonds. The summed E-state index contributed by atoms with van der Waals surface area (Å²) >= 11 is 5.94. The van der Waals surface area contributed by atoms with Crippen molar-refractivity contribution in [3.8, 4) is 17.5 Å². The third-order valence-electron chi connectivity index (χ3n) is 2.41. The van der Waals surface area contributed by atoms with E-state index >= 15 is 0 Å². The number of pyridine rings is 1. The van der Waals surface area contributed by atoms with Crippen LogP contribution in [0.5, 0.6) is 17.5 Å². The Morgan fingerprint density at radius 1 is 1.22 bits per heavy atom. The number of aryl methyl sites for hydroxylation is 1. The summed E-state index contributed by atoms with van der Waals surface area (Å²) in [5, 5.41) is 0.699. The largest absolute Gasteiger partial charge is 0.479 e. The molecule has 0 fully saturated rings. The van der Waals surface area contributed by atoms with Crippen molar-refractivity contribution in [3.05, 3.63) is 40.9 Å². The fourth-order valence-electron chi connectivity index (χ4n) is 1.46. The standard InChI is InChI=1S/C13H13ClN2O2/c1-8-7-9(3-4-10(8)14)18-12-6-5-11(15)13(16-12)17-2/h3-7H,15H2,1-2H3. The van der Waals surface area contributed by atoms with E-state index in [1.807, 2.05) is 13.0 Å². The van der Waals surface area contributed by atoms with Gasteiger partial charge in [-0.1, -0.05) is 11.6 Å². The number of hydrogen-bond acceptors (Lipinski definition) is 4. The van der Waals surface area contributed by atoms with E-state index in [0.717, 1.165) is 5.56 Å². The second-order valence-electron chi connectivity index (χ2n) is 3.76. The summed E-state index contributed by atoms with van der Waals surface area (Å²) in [5.74, 6) is 1.43. The number of ether oxygens (including phenoxy) is 2. The summed E-state index contributed by atoms with van der Waals surface area (Å²) in [7, 11) is 1.51. The SMILES string of the molecule is COc1nc(Oc2ccc(Cl)c(C)c2)ccc1N. The van der Waals surface area contributed by atoms with E-state index in [1.165, 1.54) is 7.11 Å². The van der Waals surface area contributed by atoms with Crippen LogP contribution in [0.25, 0.3) is 0 Å². The van der Waals surface area contributed by atoms with Crippen LogP contribution in [0.1, 0.15) is 5.56 Å². The molecule has 0 atom stereocenters. The number of methoxy groups -OCH3 is 1. The van der Waals surface area contributed by atoms with Gasteiger partial charge < -0.3 is 15.2 Å². The summed E-state index contributed by atoms with van der Waals surface area (Å²) in [6, 6.07) is 8.76. The minimum atomic E-state index is 0.346. The first-order valence-corrected chi connectivity index (χ1v) is 5.72. The van der Waals surface area contributed by atoms with E-state index in [2.05, 4.69) is 4.98 Å². The minimum Gasteiger partial charge on any atom is -0.479 e. The summed E-state index contributed by atoms with van der Waals surface area (Å²) in [6.45, 7) is 1.91. The summed E-state index contributed by atoms with van der Waals surface area (Å²) in [4.78, 5) is 4.14. The second-order valence-corrected chi connectivity index (χ2v) is 4.17. The first-order chi connectivity index (χ1) is 8.60. The molecule has 5 heteroatoms. The lowest BCUT2D eigenvalue weighted by molar-refractivity contribution is 0.385. The Morgan fingerprint density at radius 2 is 2.00 bits per heavy atom. The summed E-state index contributed by atoms with van der Waals surface area (Å²) in [6.07, 6.45) is 0. The first-order valence-electron chi connectivity index (χ1n) is 5.34. The molecule has 2 N–H and O–H groups in total. The van der Waals surface area contributed by atoms with Gasteiger partial charge in [0.15, 0.2) is 0 Å². The normalized spacial score (nSPS) is 10.2. The zero-order valence-corrected chi connectivity index (χ0v) is 10.9. The molecule has 0 unspecified atom stereocenters. The molecule has 0 aliphatic heterocycles. The van der Waals surface area contributed by atoms with Crippen LogP contribution in [0.2, 0.25) is 5.02 Å². The molecule has 18 heavy (non-hydrogen) atoms. The van der Waals surface area contributed by atoms with Gasteiger partial charge in [-0.3, -0.25) is 0 Å². The maximum Gasteiger partial charge on any atom is 0.240 e. The molecule has 0 spiro atoms. The molecule has 1 heterocycles. The van der Waals surface area contributed by atoms with Gasteiger partial charge in [0, 0.05) is 11.1 Å². The Balaban J connectivity index is 2.25. The lowest BCUT2D eigenvalue weighted by atomic mass is 10.2. The highest BCUT2D eigenvalue weighted by Gasteiger charge is 2.05. The van der Waals surface area contributed by atoms with Crippen molar-refractivity contribution >= 4 is 17.3 Å². The number of halogens is 1. The molecule has 1 aromatic heterocycles. The second kappa shape index (κ2) is 5.14.